The van der Waals surface area contributed by atoms with E-state index < -0.39 is 0 Å². The van der Waals surface area contributed by atoms with E-state index in [2.05, 4.69) is 9.97 Å². The standard InChI is InChI=1S/C19H16N2O2/c1-11-16(12-6-5-7-13(10-12)23-2)18-17(21-19(11)22)14-8-3-4-9-15(14)20-18/h3-10,20H,1-2H3,(H,21,22). The summed E-state index contributed by atoms with van der Waals surface area (Å²) in [6.45, 7) is 1.85. The zero-order chi connectivity index (χ0) is 16.0. The molecule has 0 saturated carbocycles. The number of aromatic nitrogens is 2. The van der Waals surface area contributed by atoms with E-state index >= 15 is 0 Å². The van der Waals surface area contributed by atoms with Crippen LogP contribution in [0.4, 0.5) is 0 Å². The van der Waals surface area contributed by atoms with E-state index in [1.165, 1.54) is 0 Å². The van der Waals surface area contributed by atoms with Gasteiger partial charge in [-0.2, -0.15) is 0 Å². The van der Waals surface area contributed by atoms with Gasteiger partial charge in [-0.15, -0.1) is 0 Å². The molecule has 4 nitrogen and oxygen atoms in total. The van der Waals surface area contributed by atoms with Crippen LogP contribution in [-0.4, -0.2) is 17.1 Å². The fourth-order valence-electron chi connectivity index (χ4n) is 3.11. The fraction of sp³-hybridized carbons (Fsp3) is 0.105. The maximum Gasteiger partial charge on any atom is 0.252 e. The van der Waals surface area contributed by atoms with E-state index in [-0.39, 0.29) is 5.56 Å². The molecule has 0 aliphatic rings. The Morgan fingerprint density at radius 3 is 2.61 bits per heavy atom. The van der Waals surface area contributed by atoms with E-state index in [0.717, 1.165) is 38.8 Å². The number of pyridine rings is 1. The molecule has 0 aliphatic heterocycles. The van der Waals surface area contributed by atoms with Crippen molar-refractivity contribution in [3.8, 4) is 16.9 Å². The topological polar surface area (TPSA) is 57.9 Å². The predicted molar refractivity (Wildman–Crippen MR) is 93.2 cm³/mol. The van der Waals surface area contributed by atoms with E-state index in [4.69, 9.17) is 4.74 Å². The molecule has 2 N–H and O–H groups in total. The Labute approximate surface area is 132 Å². The molecule has 4 rings (SSSR count). The van der Waals surface area contributed by atoms with Gasteiger partial charge in [0.1, 0.15) is 5.75 Å². The average molecular weight is 304 g/mol. The first-order valence-corrected chi connectivity index (χ1v) is 7.47. The van der Waals surface area contributed by atoms with Crippen molar-refractivity contribution in [2.45, 2.75) is 6.92 Å². The summed E-state index contributed by atoms with van der Waals surface area (Å²) in [6, 6.07) is 15.7. The lowest BCUT2D eigenvalue weighted by atomic mass is 10.00. The van der Waals surface area contributed by atoms with Gasteiger partial charge in [-0.05, 0) is 30.7 Å². The van der Waals surface area contributed by atoms with Gasteiger partial charge in [0.15, 0.2) is 0 Å². The summed E-state index contributed by atoms with van der Waals surface area (Å²) in [5.74, 6) is 0.770. The molecule has 0 radical (unpaired) electrons. The van der Waals surface area contributed by atoms with Gasteiger partial charge in [-0.1, -0.05) is 30.3 Å². The number of fused-ring (bicyclic) bond motifs is 3. The third-order valence-electron chi connectivity index (χ3n) is 4.27. The molecular formula is C19H16N2O2. The van der Waals surface area contributed by atoms with Crippen LogP contribution < -0.4 is 10.3 Å². The molecule has 0 spiro atoms. The van der Waals surface area contributed by atoms with Crippen LogP contribution in [0.15, 0.2) is 53.3 Å². The Morgan fingerprint density at radius 2 is 1.78 bits per heavy atom. The maximum absolute atomic E-state index is 12.4. The molecule has 2 aromatic heterocycles. The molecule has 114 valence electrons. The molecular weight excluding hydrogens is 288 g/mol. The number of H-pyrrole nitrogens is 2. The van der Waals surface area contributed by atoms with Gasteiger partial charge in [-0.3, -0.25) is 4.79 Å². The number of methoxy groups -OCH3 is 1. The smallest absolute Gasteiger partial charge is 0.252 e. The van der Waals surface area contributed by atoms with Crippen LogP contribution in [0.1, 0.15) is 5.56 Å². The molecule has 2 heterocycles. The number of rotatable bonds is 2. The zero-order valence-corrected chi connectivity index (χ0v) is 12.9. The molecule has 23 heavy (non-hydrogen) atoms. The Balaban J connectivity index is 2.16. The van der Waals surface area contributed by atoms with Gasteiger partial charge in [0.25, 0.3) is 5.56 Å². The van der Waals surface area contributed by atoms with Crippen molar-refractivity contribution in [3.05, 3.63) is 64.4 Å². The lowest BCUT2D eigenvalue weighted by Crippen LogP contribution is -2.10. The highest BCUT2D eigenvalue weighted by Crippen LogP contribution is 2.33. The van der Waals surface area contributed by atoms with Crippen LogP contribution in [-0.2, 0) is 0 Å². The number of ether oxygens (including phenoxy) is 1. The molecule has 4 heteroatoms. The Bertz CT molecular complexity index is 1090. The number of benzene rings is 2. The highest BCUT2D eigenvalue weighted by Gasteiger charge is 2.15. The largest absolute Gasteiger partial charge is 0.497 e. The highest BCUT2D eigenvalue weighted by molar-refractivity contribution is 6.10. The first-order chi connectivity index (χ1) is 11.2. The van der Waals surface area contributed by atoms with E-state index in [0.29, 0.717) is 5.56 Å². The quantitative estimate of drug-likeness (QED) is 0.588. The van der Waals surface area contributed by atoms with Gasteiger partial charge in [-0.25, -0.2) is 0 Å². The normalized spacial score (nSPS) is 11.2. The second-order valence-electron chi connectivity index (χ2n) is 5.61. The van der Waals surface area contributed by atoms with Gasteiger partial charge in [0.05, 0.1) is 18.1 Å². The third kappa shape index (κ3) is 2.03. The molecule has 0 amide bonds. The Kier molecular flexibility index (Phi) is 2.98. The predicted octanol–water partition coefficient (Wildman–Crippen LogP) is 3.99. The van der Waals surface area contributed by atoms with Crippen LogP contribution in [0.2, 0.25) is 0 Å². The summed E-state index contributed by atoms with van der Waals surface area (Å²) in [7, 11) is 1.64. The monoisotopic (exact) mass is 304 g/mol. The van der Waals surface area contributed by atoms with Crippen LogP contribution in [0.3, 0.4) is 0 Å². The lowest BCUT2D eigenvalue weighted by Gasteiger charge is -2.09. The van der Waals surface area contributed by atoms with Crippen LogP contribution in [0, 0.1) is 6.92 Å². The number of hydrogen-bond acceptors (Lipinski definition) is 2. The second kappa shape index (κ2) is 5.02. The SMILES string of the molecule is COc1cccc(-c2c(C)c(=O)[nH]c3c2[nH]c2ccccc23)c1. The minimum atomic E-state index is -0.0694. The summed E-state index contributed by atoms with van der Waals surface area (Å²) in [5, 5.41) is 1.02. The van der Waals surface area contributed by atoms with Gasteiger partial charge >= 0.3 is 0 Å². The molecule has 0 saturated heterocycles. The van der Waals surface area contributed by atoms with Gasteiger partial charge in [0.2, 0.25) is 0 Å². The maximum atomic E-state index is 12.4. The van der Waals surface area contributed by atoms with Crippen LogP contribution in [0.25, 0.3) is 33.1 Å². The highest BCUT2D eigenvalue weighted by atomic mass is 16.5. The summed E-state index contributed by atoms with van der Waals surface area (Å²) in [4.78, 5) is 18.9. The summed E-state index contributed by atoms with van der Waals surface area (Å²) in [5.41, 5.74) is 5.29. The Hall–Kier alpha value is -3.01. The number of nitrogens with one attached hydrogen (secondary N) is 2. The second-order valence-corrected chi connectivity index (χ2v) is 5.61. The first kappa shape index (κ1) is 13.6. The van der Waals surface area contributed by atoms with E-state index in [9.17, 15) is 4.79 Å². The minimum absolute atomic E-state index is 0.0694. The van der Waals surface area contributed by atoms with Crippen molar-refractivity contribution in [1.82, 2.24) is 9.97 Å². The molecule has 4 aromatic rings. The number of hydrogen-bond donors (Lipinski definition) is 2. The first-order valence-electron chi connectivity index (χ1n) is 7.47. The van der Waals surface area contributed by atoms with E-state index in [1.807, 2.05) is 55.5 Å². The van der Waals surface area contributed by atoms with Crippen molar-refractivity contribution in [3.63, 3.8) is 0 Å². The molecule has 0 unspecified atom stereocenters. The summed E-state index contributed by atoms with van der Waals surface area (Å²) < 4.78 is 5.32. The van der Waals surface area contributed by atoms with E-state index in [1.54, 1.807) is 7.11 Å². The minimum Gasteiger partial charge on any atom is -0.497 e. The number of para-hydroxylation sites is 1. The van der Waals surface area contributed by atoms with Crippen molar-refractivity contribution in [2.75, 3.05) is 7.11 Å². The third-order valence-corrected chi connectivity index (χ3v) is 4.27. The molecule has 0 aliphatic carbocycles. The van der Waals surface area contributed by atoms with Gasteiger partial charge < -0.3 is 14.7 Å². The number of aromatic amines is 2. The summed E-state index contributed by atoms with van der Waals surface area (Å²) in [6.07, 6.45) is 0. The average Bonchev–Trinajstić information content (AvgIpc) is 2.94. The van der Waals surface area contributed by atoms with Crippen molar-refractivity contribution >= 4 is 21.9 Å². The fourth-order valence-corrected chi connectivity index (χ4v) is 3.11. The van der Waals surface area contributed by atoms with Crippen molar-refractivity contribution in [2.24, 2.45) is 0 Å². The van der Waals surface area contributed by atoms with Crippen LogP contribution in [0.5, 0.6) is 5.75 Å². The summed E-state index contributed by atoms with van der Waals surface area (Å²) >= 11 is 0. The lowest BCUT2D eigenvalue weighted by molar-refractivity contribution is 0.415. The molecule has 2 aromatic carbocycles. The molecule has 0 atom stereocenters. The van der Waals surface area contributed by atoms with Gasteiger partial charge in [0, 0.05) is 22.0 Å². The molecule has 0 fully saturated rings. The zero-order valence-electron chi connectivity index (χ0n) is 12.9. The van der Waals surface area contributed by atoms with Crippen molar-refractivity contribution < 1.29 is 4.74 Å². The van der Waals surface area contributed by atoms with Crippen LogP contribution >= 0.6 is 0 Å². The molecule has 0 bridgehead atoms. The Morgan fingerprint density at radius 1 is 0.957 bits per heavy atom. The van der Waals surface area contributed by atoms with Crippen molar-refractivity contribution in [1.29, 1.82) is 0 Å².